The summed E-state index contributed by atoms with van der Waals surface area (Å²) in [4.78, 5) is 0. The van der Waals surface area contributed by atoms with Crippen molar-refractivity contribution in [3.8, 4) is 5.75 Å². The van der Waals surface area contributed by atoms with E-state index in [0.29, 0.717) is 10.8 Å². The maximum atomic E-state index is 11.1. The van der Waals surface area contributed by atoms with Gasteiger partial charge in [-0.05, 0) is 24.6 Å². The molecule has 0 spiro atoms. The van der Waals surface area contributed by atoms with Crippen molar-refractivity contribution in [3.63, 3.8) is 0 Å². The van der Waals surface area contributed by atoms with Gasteiger partial charge in [-0.15, -0.1) is 0 Å². The molecule has 102 valence electrons. The summed E-state index contributed by atoms with van der Waals surface area (Å²) in [6, 6.07) is 5.34. The number of ether oxygens (including phenoxy) is 1. The fourth-order valence-corrected chi connectivity index (χ4v) is 2.92. The molecule has 0 radical (unpaired) electrons. The largest absolute Gasteiger partial charge is 0.493 e. The van der Waals surface area contributed by atoms with E-state index in [-0.39, 0.29) is 12.4 Å². The van der Waals surface area contributed by atoms with Crippen LogP contribution in [0.15, 0.2) is 18.2 Å². The van der Waals surface area contributed by atoms with Crippen LogP contribution in [0.3, 0.4) is 0 Å². The summed E-state index contributed by atoms with van der Waals surface area (Å²) >= 11 is 5.88. The summed E-state index contributed by atoms with van der Waals surface area (Å²) in [5.74, 6) is 0.532. The number of nitrogens with two attached hydrogens (primary N) is 1. The third kappa shape index (κ3) is 5.25. The van der Waals surface area contributed by atoms with Crippen molar-refractivity contribution in [1.82, 2.24) is 0 Å². The van der Waals surface area contributed by atoms with Gasteiger partial charge in [0.05, 0.1) is 12.4 Å². The van der Waals surface area contributed by atoms with Crippen LogP contribution < -0.4 is 9.88 Å². The molecule has 6 heteroatoms. The van der Waals surface area contributed by atoms with Crippen LogP contribution in [0, 0.1) is 12.3 Å². The van der Waals surface area contributed by atoms with E-state index >= 15 is 0 Å². The van der Waals surface area contributed by atoms with Crippen molar-refractivity contribution >= 4 is 21.6 Å². The van der Waals surface area contributed by atoms with Crippen molar-refractivity contribution < 1.29 is 13.2 Å². The predicted octanol–water partition coefficient (Wildman–Crippen LogP) is 2.34. The third-order valence-corrected chi connectivity index (χ3v) is 3.78. The summed E-state index contributed by atoms with van der Waals surface area (Å²) in [5.41, 5.74) is 0.397. The average Bonchev–Trinajstić information content (AvgIpc) is 2.16. The highest BCUT2D eigenvalue weighted by Crippen LogP contribution is 2.25. The minimum Gasteiger partial charge on any atom is -0.493 e. The number of halogens is 1. The first-order chi connectivity index (χ1) is 8.09. The van der Waals surface area contributed by atoms with Crippen molar-refractivity contribution in [2.45, 2.75) is 20.8 Å². The maximum Gasteiger partial charge on any atom is 0.209 e. The number of rotatable bonds is 5. The Morgan fingerprint density at radius 1 is 1.39 bits per heavy atom. The van der Waals surface area contributed by atoms with Crippen molar-refractivity contribution in [2.24, 2.45) is 10.6 Å². The van der Waals surface area contributed by atoms with Crippen molar-refractivity contribution in [3.05, 3.63) is 28.8 Å². The molecule has 0 fully saturated rings. The third-order valence-electron chi connectivity index (χ3n) is 2.36. The molecule has 0 amide bonds. The van der Waals surface area contributed by atoms with Crippen LogP contribution in [-0.4, -0.2) is 20.8 Å². The molecule has 0 saturated carbocycles. The Bertz CT molecular complexity index is 526. The lowest BCUT2D eigenvalue weighted by Gasteiger charge is -2.24. The molecule has 0 aromatic heterocycles. The summed E-state index contributed by atoms with van der Waals surface area (Å²) < 4.78 is 27.8. The zero-order valence-corrected chi connectivity index (χ0v) is 12.3. The predicted molar refractivity (Wildman–Crippen MR) is 73.4 cm³/mol. The zero-order valence-electron chi connectivity index (χ0n) is 10.7. The topological polar surface area (TPSA) is 69.4 Å². The lowest BCUT2D eigenvalue weighted by Crippen LogP contribution is -2.33. The van der Waals surface area contributed by atoms with E-state index < -0.39 is 15.4 Å². The smallest absolute Gasteiger partial charge is 0.209 e. The number of primary sulfonamides is 1. The second-order valence-corrected chi connectivity index (χ2v) is 7.22. The van der Waals surface area contributed by atoms with Crippen LogP contribution in [0.1, 0.15) is 19.4 Å². The molecule has 0 heterocycles. The second-order valence-electron chi connectivity index (χ2n) is 5.17. The molecule has 0 aliphatic heterocycles. The normalized spacial score (nSPS) is 12.5. The van der Waals surface area contributed by atoms with E-state index in [9.17, 15) is 8.42 Å². The zero-order chi connectivity index (χ0) is 14.0. The molecule has 1 rings (SSSR count). The highest BCUT2D eigenvalue weighted by Gasteiger charge is 2.25. The van der Waals surface area contributed by atoms with Gasteiger partial charge >= 0.3 is 0 Å². The van der Waals surface area contributed by atoms with Crippen LogP contribution in [0.25, 0.3) is 0 Å². The van der Waals surface area contributed by atoms with Crippen LogP contribution in [-0.2, 0) is 10.0 Å². The first kappa shape index (κ1) is 15.3. The van der Waals surface area contributed by atoms with E-state index in [0.717, 1.165) is 5.56 Å². The lowest BCUT2D eigenvalue weighted by atomic mass is 9.98. The molecule has 4 nitrogen and oxygen atoms in total. The van der Waals surface area contributed by atoms with Gasteiger partial charge < -0.3 is 4.74 Å². The Hall–Kier alpha value is -0.780. The van der Waals surface area contributed by atoms with E-state index in [1.54, 1.807) is 26.0 Å². The maximum absolute atomic E-state index is 11.1. The summed E-state index contributed by atoms with van der Waals surface area (Å²) in [6.45, 7) is 5.73. The first-order valence-electron chi connectivity index (χ1n) is 5.48. The van der Waals surface area contributed by atoms with Crippen LogP contribution in [0.2, 0.25) is 5.02 Å². The summed E-state index contributed by atoms with van der Waals surface area (Å²) in [5, 5.41) is 5.62. The molecular formula is C12H18ClNO3S. The van der Waals surface area contributed by atoms with E-state index in [2.05, 4.69) is 0 Å². The molecule has 0 unspecified atom stereocenters. The van der Waals surface area contributed by atoms with Gasteiger partial charge in [-0.1, -0.05) is 31.5 Å². The molecular weight excluding hydrogens is 274 g/mol. The van der Waals surface area contributed by atoms with E-state index in [1.165, 1.54) is 0 Å². The number of aryl methyl sites for hydroxylation is 1. The Morgan fingerprint density at radius 2 is 2.00 bits per heavy atom. The van der Waals surface area contributed by atoms with Gasteiger partial charge in [0.15, 0.2) is 0 Å². The average molecular weight is 292 g/mol. The Kier molecular flexibility index (Phi) is 4.64. The fourth-order valence-electron chi connectivity index (χ4n) is 1.59. The minimum absolute atomic E-state index is 0.125. The molecule has 1 aromatic rings. The summed E-state index contributed by atoms with van der Waals surface area (Å²) in [6.07, 6.45) is 0. The van der Waals surface area contributed by atoms with Crippen LogP contribution >= 0.6 is 11.6 Å². The van der Waals surface area contributed by atoms with Gasteiger partial charge in [0.2, 0.25) is 10.0 Å². The summed E-state index contributed by atoms with van der Waals surface area (Å²) in [7, 11) is -3.51. The monoisotopic (exact) mass is 291 g/mol. The van der Waals surface area contributed by atoms with E-state index in [1.807, 2.05) is 13.0 Å². The van der Waals surface area contributed by atoms with Gasteiger partial charge in [-0.25, -0.2) is 13.6 Å². The standard InChI is InChI=1S/C12H18ClNO3S/c1-9-4-5-10(13)6-11(9)17-7-12(2,3)8-18(14,15)16/h4-6H,7-8H2,1-3H3,(H2,14,15,16). The molecule has 1 aromatic carbocycles. The Morgan fingerprint density at radius 3 is 2.56 bits per heavy atom. The fraction of sp³-hybridized carbons (Fsp3) is 0.500. The molecule has 0 aliphatic rings. The molecule has 2 N–H and O–H groups in total. The van der Waals surface area contributed by atoms with Crippen LogP contribution in [0.5, 0.6) is 5.75 Å². The molecule has 18 heavy (non-hydrogen) atoms. The van der Waals surface area contributed by atoms with Crippen LogP contribution in [0.4, 0.5) is 0 Å². The Labute approximate surface area is 113 Å². The second kappa shape index (κ2) is 5.47. The van der Waals surface area contributed by atoms with Gasteiger partial charge in [0.1, 0.15) is 5.75 Å². The quantitative estimate of drug-likeness (QED) is 0.905. The van der Waals surface area contributed by atoms with Gasteiger partial charge in [-0.2, -0.15) is 0 Å². The number of sulfonamides is 1. The molecule has 0 atom stereocenters. The van der Waals surface area contributed by atoms with Crippen molar-refractivity contribution in [1.29, 1.82) is 0 Å². The van der Waals surface area contributed by atoms with Crippen molar-refractivity contribution in [2.75, 3.05) is 12.4 Å². The Balaban J connectivity index is 2.72. The highest BCUT2D eigenvalue weighted by atomic mass is 35.5. The molecule has 0 saturated heterocycles. The SMILES string of the molecule is Cc1ccc(Cl)cc1OCC(C)(C)CS(N)(=O)=O. The number of benzene rings is 1. The highest BCUT2D eigenvalue weighted by molar-refractivity contribution is 7.89. The lowest BCUT2D eigenvalue weighted by molar-refractivity contribution is 0.199. The van der Waals surface area contributed by atoms with E-state index in [4.69, 9.17) is 21.5 Å². The number of hydrogen-bond acceptors (Lipinski definition) is 3. The minimum atomic E-state index is -3.51. The van der Waals surface area contributed by atoms with Gasteiger partial charge in [0.25, 0.3) is 0 Å². The first-order valence-corrected chi connectivity index (χ1v) is 7.58. The molecule has 0 bridgehead atoms. The van der Waals surface area contributed by atoms with Gasteiger partial charge in [-0.3, -0.25) is 0 Å². The molecule has 0 aliphatic carbocycles. The van der Waals surface area contributed by atoms with Gasteiger partial charge in [0, 0.05) is 10.4 Å². The number of hydrogen-bond donors (Lipinski definition) is 1.